The molecule has 0 fully saturated rings. The largest absolute Gasteiger partial charge is 0.344 e. The average molecular weight is 282 g/mol. The van der Waals surface area contributed by atoms with Crippen molar-refractivity contribution in [3.63, 3.8) is 0 Å². The Morgan fingerprint density at radius 3 is 2.48 bits per heavy atom. The fraction of sp³-hybridized carbons (Fsp3) is 0.368. The van der Waals surface area contributed by atoms with E-state index in [0.717, 1.165) is 19.5 Å². The van der Waals surface area contributed by atoms with Crippen molar-refractivity contribution in [3.05, 3.63) is 59.2 Å². The van der Waals surface area contributed by atoms with Gasteiger partial charge < -0.3 is 10.2 Å². The van der Waals surface area contributed by atoms with Gasteiger partial charge in [-0.2, -0.15) is 0 Å². The Kier molecular flexibility index (Phi) is 5.40. The standard InChI is InChI=1S/C19H26N2/c1-5-12-20-14-17-13-15(2)10-11-19(17)21(4)18-9-7-6-8-16(18)3/h6-11,13,20H,5,12,14H2,1-4H3. The zero-order valence-electron chi connectivity index (χ0n) is 13.6. The minimum atomic E-state index is 0.918. The number of nitrogens with one attached hydrogen (secondary N) is 1. The van der Waals surface area contributed by atoms with E-state index < -0.39 is 0 Å². The van der Waals surface area contributed by atoms with E-state index in [2.05, 4.69) is 80.5 Å². The number of benzene rings is 2. The third-order valence-electron chi connectivity index (χ3n) is 3.82. The predicted molar refractivity (Wildman–Crippen MR) is 92.4 cm³/mol. The van der Waals surface area contributed by atoms with E-state index in [1.54, 1.807) is 0 Å². The highest BCUT2D eigenvalue weighted by molar-refractivity contribution is 5.68. The summed E-state index contributed by atoms with van der Waals surface area (Å²) < 4.78 is 0. The quantitative estimate of drug-likeness (QED) is 0.781. The van der Waals surface area contributed by atoms with Gasteiger partial charge >= 0.3 is 0 Å². The molecule has 0 aliphatic heterocycles. The van der Waals surface area contributed by atoms with E-state index in [9.17, 15) is 0 Å². The minimum absolute atomic E-state index is 0.918. The van der Waals surface area contributed by atoms with Gasteiger partial charge in [0.1, 0.15) is 0 Å². The average Bonchev–Trinajstić information content (AvgIpc) is 2.47. The first-order chi connectivity index (χ1) is 10.1. The summed E-state index contributed by atoms with van der Waals surface area (Å²) in [6, 6.07) is 15.2. The fourth-order valence-corrected chi connectivity index (χ4v) is 2.65. The van der Waals surface area contributed by atoms with Crippen LogP contribution in [0, 0.1) is 13.8 Å². The molecule has 0 saturated carbocycles. The summed E-state index contributed by atoms with van der Waals surface area (Å²) in [6.45, 7) is 8.49. The van der Waals surface area contributed by atoms with Crippen molar-refractivity contribution in [1.82, 2.24) is 5.32 Å². The Hall–Kier alpha value is -1.80. The first-order valence-electron chi connectivity index (χ1n) is 7.73. The van der Waals surface area contributed by atoms with Crippen LogP contribution in [0.25, 0.3) is 0 Å². The lowest BCUT2D eigenvalue weighted by molar-refractivity contribution is 0.675. The molecular weight excluding hydrogens is 256 g/mol. The summed E-state index contributed by atoms with van der Waals surface area (Å²) in [7, 11) is 2.15. The second-order valence-corrected chi connectivity index (χ2v) is 5.65. The van der Waals surface area contributed by atoms with Gasteiger partial charge in [-0.05, 0) is 50.1 Å². The normalized spacial score (nSPS) is 10.7. The smallest absolute Gasteiger partial charge is 0.0453 e. The summed E-state index contributed by atoms with van der Waals surface area (Å²) in [4.78, 5) is 2.29. The Balaban J connectivity index is 2.31. The number of aryl methyl sites for hydroxylation is 2. The first-order valence-corrected chi connectivity index (χ1v) is 7.73. The van der Waals surface area contributed by atoms with Crippen LogP contribution in [0.5, 0.6) is 0 Å². The van der Waals surface area contributed by atoms with Crippen LogP contribution < -0.4 is 10.2 Å². The van der Waals surface area contributed by atoms with Gasteiger partial charge in [0.2, 0.25) is 0 Å². The highest BCUT2D eigenvalue weighted by Crippen LogP contribution is 2.30. The highest BCUT2D eigenvalue weighted by Gasteiger charge is 2.11. The van der Waals surface area contributed by atoms with Crippen LogP contribution in [-0.2, 0) is 6.54 Å². The Bertz CT molecular complexity index is 590. The van der Waals surface area contributed by atoms with Gasteiger partial charge in [0, 0.05) is 25.0 Å². The zero-order valence-corrected chi connectivity index (χ0v) is 13.6. The molecule has 0 spiro atoms. The van der Waals surface area contributed by atoms with Crippen LogP contribution >= 0.6 is 0 Å². The van der Waals surface area contributed by atoms with Crippen molar-refractivity contribution in [2.45, 2.75) is 33.7 Å². The second-order valence-electron chi connectivity index (χ2n) is 5.65. The molecule has 0 atom stereocenters. The van der Waals surface area contributed by atoms with Crippen molar-refractivity contribution in [3.8, 4) is 0 Å². The summed E-state index contributed by atoms with van der Waals surface area (Å²) in [5.74, 6) is 0. The van der Waals surface area contributed by atoms with Crippen LogP contribution in [0.2, 0.25) is 0 Å². The maximum absolute atomic E-state index is 3.51. The van der Waals surface area contributed by atoms with Gasteiger partial charge in [-0.3, -0.25) is 0 Å². The molecule has 0 heterocycles. The van der Waals surface area contributed by atoms with Crippen LogP contribution in [-0.4, -0.2) is 13.6 Å². The number of nitrogens with zero attached hydrogens (tertiary/aromatic N) is 1. The van der Waals surface area contributed by atoms with Crippen molar-refractivity contribution in [1.29, 1.82) is 0 Å². The first kappa shape index (κ1) is 15.6. The lowest BCUT2D eigenvalue weighted by Gasteiger charge is -2.25. The van der Waals surface area contributed by atoms with Crippen LogP contribution in [0.15, 0.2) is 42.5 Å². The van der Waals surface area contributed by atoms with E-state index in [1.807, 2.05) is 0 Å². The van der Waals surface area contributed by atoms with E-state index in [0.29, 0.717) is 0 Å². The Morgan fingerprint density at radius 2 is 1.76 bits per heavy atom. The second kappa shape index (κ2) is 7.28. The van der Waals surface area contributed by atoms with E-state index in [1.165, 1.54) is 28.1 Å². The van der Waals surface area contributed by atoms with Crippen molar-refractivity contribution in [2.24, 2.45) is 0 Å². The third-order valence-corrected chi connectivity index (χ3v) is 3.82. The minimum Gasteiger partial charge on any atom is -0.344 e. The highest BCUT2D eigenvalue weighted by atomic mass is 15.1. The monoisotopic (exact) mass is 282 g/mol. The van der Waals surface area contributed by atoms with Gasteiger partial charge in [-0.25, -0.2) is 0 Å². The third kappa shape index (κ3) is 3.85. The number of para-hydroxylation sites is 1. The summed E-state index contributed by atoms with van der Waals surface area (Å²) in [5.41, 5.74) is 6.50. The number of rotatable bonds is 6. The Labute approximate surface area is 128 Å². The molecule has 0 aromatic heterocycles. The fourth-order valence-electron chi connectivity index (χ4n) is 2.65. The van der Waals surface area contributed by atoms with Crippen molar-refractivity contribution < 1.29 is 0 Å². The lowest BCUT2D eigenvalue weighted by Crippen LogP contribution is -2.18. The van der Waals surface area contributed by atoms with Crippen LogP contribution in [0.4, 0.5) is 11.4 Å². The van der Waals surface area contributed by atoms with Gasteiger partial charge in [0.05, 0.1) is 0 Å². The summed E-state index contributed by atoms with van der Waals surface area (Å²) in [6.07, 6.45) is 1.16. The summed E-state index contributed by atoms with van der Waals surface area (Å²) in [5, 5.41) is 3.51. The van der Waals surface area contributed by atoms with E-state index >= 15 is 0 Å². The van der Waals surface area contributed by atoms with Crippen molar-refractivity contribution >= 4 is 11.4 Å². The molecule has 112 valence electrons. The number of anilines is 2. The topological polar surface area (TPSA) is 15.3 Å². The van der Waals surface area contributed by atoms with Gasteiger partial charge in [0.15, 0.2) is 0 Å². The molecule has 0 saturated heterocycles. The van der Waals surface area contributed by atoms with E-state index in [-0.39, 0.29) is 0 Å². The molecule has 0 aliphatic rings. The molecule has 1 N–H and O–H groups in total. The lowest BCUT2D eigenvalue weighted by atomic mass is 10.1. The van der Waals surface area contributed by atoms with Gasteiger partial charge in [-0.1, -0.05) is 42.8 Å². The van der Waals surface area contributed by atoms with Crippen LogP contribution in [0.1, 0.15) is 30.0 Å². The maximum atomic E-state index is 3.51. The molecule has 0 radical (unpaired) electrons. The molecule has 2 heteroatoms. The Morgan fingerprint density at radius 1 is 1.00 bits per heavy atom. The molecule has 2 aromatic carbocycles. The molecule has 2 nitrogen and oxygen atoms in total. The van der Waals surface area contributed by atoms with Crippen molar-refractivity contribution in [2.75, 3.05) is 18.5 Å². The molecular formula is C19H26N2. The molecule has 2 aromatic rings. The SMILES string of the molecule is CCCNCc1cc(C)ccc1N(C)c1ccccc1C. The molecule has 0 bridgehead atoms. The predicted octanol–water partition coefficient (Wildman–Crippen LogP) is 4.57. The van der Waals surface area contributed by atoms with Gasteiger partial charge in [0.25, 0.3) is 0 Å². The summed E-state index contributed by atoms with van der Waals surface area (Å²) >= 11 is 0. The molecule has 2 rings (SSSR count). The molecule has 0 amide bonds. The van der Waals surface area contributed by atoms with Gasteiger partial charge in [-0.15, -0.1) is 0 Å². The van der Waals surface area contributed by atoms with E-state index in [4.69, 9.17) is 0 Å². The molecule has 0 unspecified atom stereocenters. The van der Waals surface area contributed by atoms with Crippen LogP contribution in [0.3, 0.4) is 0 Å². The number of hydrogen-bond donors (Lipinski definition) is 1. The number of hydrogen-bond acceptors (Lipinski definition) is 2. The maximum Gasteiger partial charge on any atom is 0.0453 e. The molecule has 0 aliphatic carbocycles. The molecule has 21 heavy (non-hydrogen) atoms. The zero-order chi connectivity index (χ0) is 15.2.